The number of fused-ring (bicyclic) bond motifs is 2. The zero-order valence-corrected chi connectivity index (χ0v) is 19.4. The van der Waals surface area contributed by atoms with Crippen molar-refractivity contribution >= 4 is 27.5 Å². The Morgan fingerprint density at radius 2 is 2.16 bits per heavy atom. The van der Waals surface area contributed by atoms with E-state index < -0.39 is 0 Å². The maximum absolute atomic E-state index is 13.0. The third-order valence-electron chi connectivity index (χ3n) is 6.83. The molecule has 4 heterocycles. The van der Waals surface area contributed by atoms with E-state index >= 15 is 0 Å². The molecule has 1 N–H and O–H groups in total. The van der Waals surface area contributed by atoms with Crippen LogP contribution in [0.3, 0.4) is 0 Å². The highest BCUT2D eigenvalue weighted by Gasteiger charge is 2.25. The van der Waals surface area contributed by atoms with Crippen LogP contribution in [-0.4, -0.2) is 39.5 Å². The number of carbonyl (C=O) groups excluding carboxylic acids is 1. The molecule has 3 aromatic rings. The van der Waals surface area contributed by atoms with Crippen LogP contribution in [0.1, 0.15) is 65.3 Å². The van der Waals surface area contributed by atoms with Crippen LogP contribution in [0.25, 0.3) is 10.2 Å². The summed E-state index contributed by atoms with van der Waals surface area (Å²) in [5, 5.41) is 3.69. The molecule has 1 fully saturated rings. The highest BCUT2D eigenvalue weighted by molar-refractivity contribution is 7.20. The number of amides is 1. The van der Waals surface area contributed by atoms with E-state index in [0.717, 1.165) is 56.0 Å². The minimum atomic E-state index is -0.114. The lowest BCUT2D eigenvalue weighted by Crippen LogP contribution is -2.39. The van der Waals surface area contributed by atoms with E-state index in [-0.39, 0.29) is 11.5 Å². The summed E-state index contributed by atoms with van der Waals surface area (Å²) in [5.74, 6) is 1.70. The Morgan fingerprint density at radius 1 is 1.31 bits per heavy atom. The summed E-state index contributed by atoms with van der Waals surface area (Å²) in [6.45, 7) is 4.69. The monoisotopic (exact) mass is 454 g/mol. The third kappa shape index (κ3) is 4.13. The number of carbonyl (C=O) groups is 1. The minimum absolute atomic E-state index is 0.00311. The summed E-state index contributed by atoms with van der Waals surface area (Å²) in [6, 6.07) is 4.47. The average molecular weight is 455 g/mol. The van der Waals surface area contributed by atoms with Crippen molar-refractivity contribution in [2.45, 2.75) is 71.0 Å². The van der Waals surface area contributed by atoms with Gasteiger partial charge in [0.1, 0.15) is 16.4 Å². The van der Waals surface area contributed by atoms with Gasteiger partial charge in [-0.15, -0.1) is 11.3 Å². The number of rotatable bonds is 7. The van der Waals surface area contributed by atoms with Gasteiger partial charge in [-0.1, -0.05) is 12.8 Å². The molecule has 5 rings (SSSR count). The van der Waals surface area contributed by atoms with Crippen LogP contribution in [-0.2, 0) is 19.5 Å². The molecule has 0 aromatic carbocycles. The van der Waals surface area contributed by atoms with Crippen molar-refractivity contribution in [3.8, 4) is 0 Å². The summed E-state index contributed by atoms with van der Waals surface area (Å²) in [4.78, 5) is 34.5. The van der Waals surface area contributed by atoms with Crippen molar-refractivity contribution in [3.05, 3.63) is 50.8 Å². The number of hydrogen-bond donors (Lipinski definition) is 1. The summed E-state index contributed by atoms with van der Waals surface area (Å²) in [7, 11) is 0. The summed E-state index contributed by atoms with van der Waals surface area (Å²) in [6.07, 6.45) is 9.53. The van der Waals surface area contributed by atoms with Crippen LogP contribution in [0.5, 0.6) is 0 Å². The first-order valence-electron chi connectivity index (χ1n) is 11.7. The highest BCUT2D eigenvalue weighted by Crippen LogP contribution is 2.29. The van der Waals surface area contributed by atoms with Gasteiger partial charge in [-0.2, -0.15) is 0 Å². The van der Waals surface area contributed by atoms with Gasteiger partial charge in [-0.3, -0.25) is 19.1 Å². The smallest absolute Gasteiger partial charge is 0.262 e. The van der Waals surface area contributed by atoms with E-state index in [1.807, 2.05) is 19.1 Å². The van der Waals surface area contributed by atoms with Crippen molar-refractivity contribution in [2.24, 2.45) is 0 Å². The number of hydrogen-bond acceptors (Lipinski definition) is 6. The van der Waals surface area contributed by atoms with Crippen LogP contribution in [0.2, 0.25) is 0 Å². The van der Waals surface area contributed by atoms with E-state index in [1.54, 1.807) is 10.8 Å². The number of aromatic nitrogens is 2. The molecular weight excluding hydrogens is 424 g/mol. The molecule has 0 spiro atoms. The standard InChI is InChI=1S/C24H30N4O3S/c1-16-20-23(26-19-10-4-5-12-28(19)24(20)30)32-21(16)22(29)25-11-13-27(17-7-2-3-8-17)15-18-9-6-14-31-18/h6,9,14,17H,2-5,7-8,10-13,15H2,1H3,(H,25,29). The second-order valence-corrected chi connectivity index (χ2v) is 9.92. The number of aryl methyl sites for hydroxylation is 2. The third-order valence-corrected chi connectivity index (χ3v) is 8.02. The zero-order valence-electron chi connectivity index (χ0n) is 18.6. The van der Waals surface area contributed by atoms with Gasteiger partial charge in [0, 0.05) is 32.1 Å². The molecule has 3 aromatic heterocycles. The van der Waals surface area contributed by atoms with Gasteiger partial charge in [0.25, 0.3) is 11.5 Å². The fraction of sp³-hybridized carbons (Fsp3) is 0.542. The Bertz CT molecular complexity index is 1160. The van der Waals surface area contributed by atoms with Crippen molar-refractivity contribution in [3.63, 3.8) is 0 Å². The first kappa shape index (κ1) is 21.4. The maximum Gasteiger partial charge on any atom is 0.262 e. The molecular formula is C24H30N4O3S. The van der Waals surface area contributed by atoms with Crippen LogP contribution < -0.4 is 10.9 Å². The van der Waals surface area contributed by atoms with E-state index in [9.17, 15) is 9.59 Å². The molecule has 0 saturated heterocycles. The molecule has 1 aliphatic carbocycles. The molecule has 1 aliphatic heterocycles. The van der Waals surface area contributed by atoms with Crippen molar-refractivity contribution < 1.29 is 9.21 Å². The Hall–Kier alpha value is -2.45. The van der Waals surface area contributed by atoms with Gasteiger partial charge >= 0.3 is 0 Å². The second kappa shape index (κ2) is 9.19. The molecule has 2 aliphatic rings. The molecule has 0 unspecified atom stereocenters. The first-order valence-corrected chi connectivity index (χ1v) is 12.5. The molecule has 170 valence electrons. The molecule has 1 amide bonds. The van der Waals surface area contributed by atoms with E-state index in [2.05, 4.69) is 10.2 Å². The number of nitrogens with one attached hydrogen (secondary N) is 1. The van der Waals surface area contributed by atoms with E-state index in [4.69, 9.17) is 9.40 Å². The van der Waals surface area contributed by atoms with E-state index in [1.165, 1.54) is 37.0 Å². The first-order chi connectivity index (χ1) is 15.6. The largest absolute Gasteiger partial charge is 0.468 e. The molecule has 0 radical (unpaired) electrons. The van der Waals surface area contributed by atoms with E-state index in [0.29, 0.717) is 27.7 Å². The highest BCUT2D eigenvalue weighted by atomic mass is 32.1. The average Bonchev–Trinajstić information content (AvgIpc) is 3.55. The fourth-order valence-electron chi connectivity index (χ4n) is 5.11. The molecule has 1 saturated carbocycles. The Kier molecular flexibility index (Phi) is 6.15. The quantitative estimate of drug-likeness (QED) is 0.586. The van der Waals surface area contributed by atoms with Gasteiger partial charge < -0.3 is 9.73 Å². The fourth-order valence-corrected chi connectivity index (χ4v) is 6.21. The molecule has 32 heavy (non-hydrogen) atoms. The maximum atomic E-state index is 13.0. The Balaban J connectivity index is 1.29. The Labute approximate surface area is 191 Å². The van der Waals surface area contributed by atoms with Crippen molar-refractivity contribution in [2.75, 3.05) is 13.1 Å². The molecule has 7 nitrogen and oxygen atoms in total. The lowest BCUT2D eigenvalue weighted by Gasteiger charge is -2.28. The predicted molar refractivity (Wildman–Crippen MR) is 125 cm³/mol. The predicted octanol–water partition coefficient (Wildman–Crippen LogP) is 3.87. The van der Waals surface area contributed by atoms with Gasteiger partial charge in [0.2, 0.25) is 0 Å². The lowest BCUT2D eigenvalue weighted by atomic mass is 10.1. The van der Waals surface area contributed by atoms with Crippen LogP contribution in [0, 0.1) is 6.92 Å². The van der Waals surface area contributed by atoms with Crippen molar-refractivity contribution in [1.29, 1.82) is 0 Å². The number of furan rings is 1. The van der Waals surface area contributed by atoms with Crippen LogP contribution >= 0.6 is 11.3 Å². The lowest BCUT2D eigenvalue weighted by molar-refractivity contribution is 0.0944. The number of nitrogens with zero attached hydrogens (tertiary/aromatic N) is 3. The summed E-state index contributed by atoms with van der Waals surface area (Å²) < 4.78 is 7.35. The second-order valence-electron chi connectivity index (χ2n) is 8.92. The normalized spacial score (nSPS) is 16.7. The van der Waals surface area contributed by atoms with Crippen molar-refractivity contribution in [1.82, 2.24) is 19.8 Å². The minimum Gasteiger partial charge on any atom is -0.468 e. The van der Waals surface area contributed by atoms with Gasteiger partial charge in [0.15, 0.2) is 0 Å². The number of thiophene rings is 1. The Morgan fingerprint density at radius 3 is 2.94 bits per heavy atom. The molecule has 0 bridgehead atoms. The van der Waals surface area contributed by atoms with Gasteiger partial charge in [-0.05, 0) is 50.3 Å². The van der Waals surface area contributed by atoms with Crippen LogP contribution in [0.4, 0.5) is 0 Å². The zero-order chi connectivity index (χ0) is 22.1. The van der Waals surface area contributed by atoms with Crippen LogP contribution in [0.15, 0.2) is 27.6 Å². The molecule has 8 heteroatoms. The van der Waals surface area contributed by atoms with Gasteiger partial charge in [0.05, 0.1) is 23.1 Å². The summed E-state index contributed by atoms with van der Waals surface area (Å²) >= 11 is 1.34. The molecule has 0 atom stereocenters. The topological polar surface area (TPSA) is 80.4 Å². The SMILES string of the molecule is Cc1c(C(=O)NCCN(Cc2ccco2)C2CCCC2)sc2nc3n(c(=O)c12)CCCC3. The summed E-state index contributed by atoms with van der Waals surface area (Å²) in [5.41, 5.74) is 0.757. The van der Waals surface area contributed by atoms with Gasteiger partial charge in [-0.25, -0.2) is 4.98 Å².